The van der Waals surface area contributed by atoms with Crippen LogP contribution in [0.2, 0.25) is 0 Å². The van der Waals surface area contributed by atoms with Gasteiger partial charge in [-0.05, 0) is 23.1 Å². The van der Waals surface area contributed by atoms with E-state index in [-0.39, 0.29) is 17.2 Å². The van der Waals surface area contributed by atoms with Gasteiger partial charge in [-0.1, -0.05) is 26.8 Å². The Balaban J connectivity index is 3.02. The van der Waals surface area contributed by atoms with E-state index < -0.39 is 0 Å². The first kappa shape index (κ1) is 11.9. The number of hydrogen-bond acceptors (Lipinski definition) is 3. The zero-order chi connectivity index (χ0) is 11.6. The molecule has 0 fully saturated rings. The Morgan fingerprint density at radius 1 is 1.33 bits per heavy atom. The Bertz CT molecular complexity index is 342. The molecule has 1 atom stereocenters. The summed E-state index contributed by atoms with van der Waals surface area (Å²) < 4.78 is 4.97. The monoisotopic (exact) mass is 209 g/mol. The van der Waals surface area contributed by atoms with E-state index in [9.17, 15) is 5.11 Å². The van der Waals surface area contributed by atoms with Crippen molar-refractivity contribution in [2.24, 2.45) is 11.1 Å². The van der Waals surface area contributed by atoms with Crippen molar-refractivity contribution in [3.8, 4) is 11.5 Å². The second-order valence-electron chi connectivity index (χ2n) is 4.77. The Labute approximate surface area is 90.9 Å². The van der Waals surface area contributed by atoms with Gasteiger partial charge in [-0.2, -0.15) is 0 Å². The summed E-state index contributed by atoms with van der Waals surface area (Å²) in [6, 6.07) is 5.17. The Morgan fingerprint density at radius 3 is 2.33 bits per heavy atom. The molecule has 1 aromatic rings. The fourth-order valence-electron chi connectivity index (χ4n) is 1.40. The smallest absolute Gasteiger partial charge is 0.160 e. The molecule has 3 heteroatoms. The van der Waals surface area contributed by atoms with Crippen LogP contribution in [0.4, 0.5) is 0 Å². The molecular formula is C12H19NO2. The highest BCUT2D eigenvalue weighted by molar-refractivity contribution is 5.42. The lowest BCUT2D eigenvalue weighted by Crippen LogP contribution is -2.26. The van der Waals surface area contributed by atoms with Gasteiger partial charge in [0.1, 0.15) is 0 Å². The minimum Gasteiger partial charge on any atom is -0.504 e. The Hall–Kier alpha value is -1.22. The van der Waals surface area contributed by atoms with Gasteiger partial charge in [0.2, 0.25) is 0 Å². The van der Waals surface area contributed by atoms with Crippen LogP contribution in [0.1, 0.15) is 32.4 Å². The van der Waals surface area contributed by atoms with Gasteiger partial charge in [-0.15, -0.1) is 0 Å². The van der Waals surface area contributed by atoms with Crippen LogP contribution in [-0.4, -0.2) is 12.2 Å². The molecule has 84 valence electrons. The minimum absolute atomic E-state index is 0.0268. The standard InChI is InChI=1S/C12H19NO2/c1-12(2,3)11(13)8-5-6-10(15-4)9(14)7-8/h5-7,11,14H,13H2,1-4H3/t11-/m1/s1. The molecule has 0 bridgehead atoms. The van der Waals surface area contributed by atoms with Crippen molar-refractivity contribution in [1.82, 2.24) is 0 Å². The summed E-state index contributed by atoms with van der Waals surface area (Å²) in [5.74, 6) is 0.606. The predicted octanol–water partition coefficient (Wildman–Crippen LogP) is 2.45. The minimum atomic E-state index is -0.102. The molecule has 0 amide bonds. The van der Waals surface area contributed by atoms with Gasteiger partial charge in [0.25, 0.3) is 0 Å². The van der Waals surface area contributed by atoms with Crippen LogP contribution in [0.15, 0.2) is 18.2 Å². The van der Waals surface area contributed by atoms with Crippen LogP contribution in [-0.2, 0) is 0 Å². The molecule has 1 aromatic carbocycles. The molecule has 0 heterocycles. The van der Waals surface area contributed by atoms with Gasteiger partial charge < -0.3 is 15.6 Å². The number of phenols is 1. The second-order valence-corrected chi connectivity index (χ2v) is 4.77. The molecule has 0 saturated heterocycles. The number of benzene rings is 1. The van der Waals surface area contributed by atoms with Crippen molar-refractivity contribution >= 4 is 0 Å². The summed E-state index contributed by atoms with van der Waals surface area (Å²) in [4.78, 5) is 0. The fraction of sp³-hybridized carbons (Fsp3) is 0.500. The molecule has 0 radical (unpaired) electrons. The molecule has 0 aliphatic heterocycles. The van der Waals surface area contributed by atoms with E-state index >= 15 is 0 Å². The number of aromatic hydroxyl groups is 1. The van der Waals surface area contributed by atoms with Gasteiger partial charge in [0.05, 0.1) is 7.11 Å². The Kier molecular flexibility index (Phi) is 3.25. The van der Waals surface area contributed by atoms with Crippen molar-refractivity contribution in [3.05, 3.63) is 23.8 Å². The van der Waals surface area contributed by atoms with Crippen molar-refractivity contribution in [2.75, 3.05) is 7.11 Å². The highest BCUT2D eigenvalue weighted by atomic mass is 16.5. The van der Waals surface area contributed by atoms with Crippen LogP contribution in [0.5, 0.6) is 11.5 Å². The molecule has 0 saturated carbocycles. The number of ether oxygens (including phenoxy) is 1. The first-order valence-electron chi connectivity index (χ1n) is 4.98. The number of methoxy groups -OCH3 is 1. The number of nitrogens with two attached hydrogens (primary N) is 1. The third-order valence-corrected chi connectivity index (χ3v) is 2.50. The van der Waals surface area contributed by atoms with Crippen LogP contribution in [0, 0.1) is 5.41 Å². The molecular weight excluding hydrogens is 190 g/mol. The SMILES string of the molecule is COc1ccc([C@@H](N)C(C)(C)C)cc1O. The zero-order valence-corrected chi connectivity index (χ0v) is 9.74. The van der Waals surface area contributed by atoms with Crippen LogP contribution >= 0.6 is 0 Å². The van der Waals surface area contributed by atoms with Gasteiger partial charge in [-0.25, -0.2) is 0 Å². The van der Waals surface area contributed by atoms with Crippen molar-refractivity contribution in [2.45, 2.75) is 26.8 Å². The van der Waals surface area contributed by atoms with Crippen LogP contribution in [0.25, 0.3) is 0 Å². The van der Waals surface area contributed by atoms with Crippen LogP contribution in [0.3, 0.4) is 0 Å². The van der Waals surface area contributed by atoms with E-state index in [0.29, 0.717) is 5.75 Å². The zero-order valence-electron chi connectivity index (χ0n) is 9.74. The normalized spacial score (nSPS) is 13.7. The first-order chi connectivity index (χ1) is 6.86. The average Bonchev–Trinajstić information content (AvgIpc) is 2.15. The van der Waals surface area contributed by atoms with E-state index in [1.807, 2.05) is 6.07 Å². The topological polar surface area (TPSA) is 55.5 Å². The quantitative estimate of drug-likeness (QED) is 0.786. The largest absolute Gasteiger partial charge is 0.504 e. The molecule has 0 aliphatic carbocycles. The summed E-state index contributed by atoms with van der Waals surface area (Å²) in [7, 11) is 1.53. The second kappa shape index (κ2) is 4.11. The van der Waals surface area contributed by atoms with Crippen molar-refractivity contribution < 1.29 is 9.84 Å². The molecule has 0 spiro atoms. The number of hydrogen-bond donors (Lipinski definition) is 2. The predicted molar refractivity (Wildman–Crippen MR) is 61.0 cm³/mol. The van der Waals surface area contributed by atoms with E-state index in [4.69, 9.17) is 10.5 Å². The van der Waals surface area contributed by atoms with Gasteiger partial charge in [0, 0.05) is 6.04 Å². The van der Waals surface area contributed by atoms with Gasteiger partial charge in [-0.3, -0.25) is 0 Å². The maximum absolute atomic E-state index is 9.63. The summed E-state index contributed by atoms with van der Waals surface area (Å²) >= 11 is 0. The summed E-state index contributed by atoms with van der Waals surface area (Å²) in [6.07, 6.45) is 0. The fourth-order valence-corrected chi connectivity index (χ4v) is 1.40. The molecule has 0 aliphatic rings. The number of rotatable bonds is 2. The lowest BCUT2D eigenvalue weighted by atomic mass is 9.83. The lowest BCUT2D eigenvalue weighted by molar-refractivity contribution is 0.324. The summed E-state index contributed by atoms with van der Waals surface area (Å²) in [5, 5.41) is 9.63. The molecule has 0 unspecified atom stereocenters. The number of phenolic OH excluding ortho intramolecular Hbond substituents is 1. The van der Waals surface area contributed by atoms with E-state index in [1.54, 1.807) is 12.1 Å². The third kappa shape index (κ3) is 2.63. The van der Waals surface area contributed by atoms with Crippen LogP contribution < -0.4 is 10.5 Å². The maximum Gasteiger partial charge on any atom is 0.160 e. The van der Waals surface area contributed by atoms with E-state index in [2.05, 4.69) is 20.8 Å². The summed E-state index contributed by atoms with van der Waals surface area (Å²) in [5.41, 5.74) is 6.97. The van der Waals surface area contributed by atoms with Gasteiger partial charge in [0.15, 0.2) is 11.5 Å². The van der Waals surface area contributed by atoms with E-state index in [1.165, 1.54) is 7.11 Å². The molecule has 1 rings (SSSR count). The molecule has 3 N–H and O–H groups in total. The molecule has 0 aromatic heterocycles. The Morgan fingerprint density at radius 2 is 1.93 bits per heavy atom. The van der Waals surface area contributed by atoms with Gasteiger partial charge >= 0.3 is 0 Å². The lowest BCUT2D eigenvalue weighted by Gasteiger charge is -2.27. The summed E-state index contributed by atoms with van der Waals surface area (Å²) in [6.45, 7) is 6.21. The van der Waals surface area contributed by atoms with E-state index in [0.717, 1.165) is 5.56 Å². The van der Waals surface area contributed by atoms with Crippen molar-refractivity contribution in [3.63, 3.8) is 0 Å². The maximum atomic E-state index is 9.63. The molecule has 3 nitrogen and oxygen atoms in total. The highest BCUT2D eigenvalue weighted by Crippen LogP contribution is 2.34. The first-order valence-corrected chi connectivity index (χ1v) is 4.98. The highest BCUT2D eigenvalue weighted by Gasteiger charge is 2.22. The average molecular weight is 209 g/mol. The van der Waals surface area contributed by atoms with Crippen molar-refractivity contribution in [1.29, 1.82) is 0 Å². The third-order valence-electron chi connectivity index (χ3n) is 2.50. The molecule has 15 heavy (non-hydrogen) atoms.